The Morgan fingerprint density at radius 1 is 1.59 bits per heavy atom. The molecule has 1 aromatic rings. The van der Waals surface area contributed by atoms with Gasteiger partial charge in [0.05, 0.1) is 12.7 Å². The molecule has 4 heteroatoms. The van der Waals surface area contributed by atoms with Crippen LogP contribution in [0.25, 0.3) is 0 Å². The highest BCUT2D eigenvalue weighted by atomic mass is 35.5. The second kappa shape index (κ2) is 5.05. The molecular formula is C13H15ClN2O. The average Bonchev–Trinajstić information content (AvgIpc) is 2.68. The fraction of sp³-hybridized carbons (Fsp3) is 0.462. The Bertz CT molecular complexity index is 455. The van der Waals surface area contributed by atoms with Crippen molar-refractivity contribution in [1.29, 1.82) is 5.26 Å². The highest BCUT2D eigenvalue weighted by Crippen LogP contribution is 2.37. The molecule has 17 heavy (non-hydrogen) atoms. The minimum Gasteiger partial charge on any atom is -0.383 e. The first-order chi connectivity index (χ1) is 8.22. The summed E-state index contributed by atoms with van der Waals surface area (Å²) in [4.78, 5) is 0. The van der Waals surface area contributed by atoms with Gasteiger partial charge in [0.2, 0.25) is 0 Å². The summed E-state index contributed by atoms with van der Waals surface area (Å²) in [7, 11) is 1.66. The molecule has 0 aromatic heterocycles. The van der Waals surface area contributed by atoms with Crippen LogP contribution in [0.2, 0.25) is 5.02 Å². The van der Waals surface area contributed by atoms with E-state index in [-0.39, 0.29) is 0 Å². The quantitative estimate of drug-likeness (QED) is 0.834. The third kappa shape index (κ3) is 2.30. The average molecular weight is 251 g/mol. The number of nitriles is 1. The van der Waals surface area contributed by atoms with E-state index in [1.807, 2.05) is 18.2 Å². The summed E-state index contributed by atoms with van der Waals surface area (Å²) in [6.45, 7) is 1.28. The van der Waals surface area contributed by atoms with Crippen LogP contribution in [-0.4, -0.2) is 20.3 Å². The Morgan fingerprint density at radius 2 is 2.41 bits per heavy atom. The number of fused-ring (bicyclic) bond motifs is 1. The molecule has 1 N–H and O–H groups in total. The lowest BCUT2D eigenvalue weighted by molar-refractivity contribution is 0.190. The van der Waals surface area contributed by atoms with Gasteiger partial charge < -0.3 is 4.74 Å². The van der Waals surface area contributed by atoms with E-state index >= 15 is 0 Å². The monoisotopic (exact) mass is 250 g/mol. The van der Waals surface area contributed by atoms with Crippen LogP contribution in [0.5, 0.6) is 0 Å². The van der Waals surface area contributed by atoms with Crippen molar-refractivity contribution in [2.45, 2.75) is 18.4 Å². The first kappa shape index (κ1) is 12.4. The highest BCUT2D eigenvalue weighted by Gasteiger charge is 2.38. The second-order valence-corrected chi connectivity index (χ2v) is 4.67. The maximum Gasteiger partial charge on any atom is 0.132 e. The molecule has 1 aromatic carbocycles. The predicted molar refractivity (Wildman–Crippen MR) is 66.9 cm³/mol. The molecule has 0 fully saturated rings. The molecule has 1 aliphatic carbocycles. The minimum absolute atomic E-state index is 0.571. The molecule has 2 rings (SSSR count). The van der Waals surface area contributed by atoms with E-state index in [0.29, 0.717) is 13.2 Å². The minimum atomic E-state index is -0.571. The van der Waals surface area contributed by atoms with Gasteiger partial charge in [-0.05, 0) is 36.1 Å². The highest BCUT2D eigenvalue weighted by molar-refractivity contribution is 6.30. The van der Waals surface area contributed by atoms with E-state index in [1.54, 1.807) is 7.11 Å². The van der Waals surface area contributed by atoms with Crippen molar-refractivity contribution in [3.05, 3.63) is 34.3 Å². The largest absolute Gasteiger partial charge is 0.383 e. The molecule has 0 saturated carbocycles. The number of benzene rings is 1. The predicted octanol–water partition coefficient (Wildman–Crippen LogP) is 2.24. The molecule has 0 spiro atoms. The topological polar surface area (TPSA) is 45.0 Å². The normalized spacial score (nSPS) is 22.2. The summed E-state index contributed by atoms with van der Waals surface area (Å²) < 4.78 is 5.01. The van der Waals surface area contributed by atoms with Crippen LogP contribution in [0.4, 0.5) is 0 Å². The molecule has 0 amide bonds. The van der Waals surface area contributed by atoms with Gasteiger partial charge in [-0.15, -0.1) is 0 Å². The van der Waals surface area contributed by atoms with Gasteiger partial charge in [-0.3, -0.25) is 5.32 Å². The maximum absolute atomic E-state index is 9.45. The van der Waals surface area contributed by atoms with E-state index in [0.717, 1.165) is 23.4 Å². The Kier molecular flexibility index (Phi) is 3.68. The molecular weight excluding hydrogens is 236 g/mol. The fourth-order valence-corrected chi connectivity index (χ4v) is 2.54. The Morgan fingerprint density at radius 3 is 3.12 bits per heavy atom. The third-order valence-electron chi connectivity index (χ3n) is 3.22. The second-order valence-electron chi connectivity index (χ2n) is 4.24. The van der Waals surface area contributed by atoms with Gasteiger partial charge in [-0.1, -0.05) is 17.7 Å². The summed E-state index contributed by atoms with van der Waals surface area (Å²) in [6, 6.07) is 8.15. The smallest absolute Gasteiger partial charge is 0.132 e. The van der Waals surface area contributed by atoms with Crippen LogP contribution >= 0.6 is 11.6 Å². The number of methoxy groups -OCH3 is 1. The fourth-order valence-electron chi connectivity index (χ4n) is 2.35. The lowest BCUT2D eigenvalue weighted by Crippen LogP contribution is -2.40. The van der Waals surface area contributed by atoms with Crippen molar-refractivity contribution in [1.82, 2.24) is 5.32 Å². The lowest BCUT2D eigenvalue weighted by atomic mass is 9.93. The Labute approximate surface area is 106 Å². The van der Waals surface area contributed by atoms with Crippen LogP contribution in [-0.2, 0) is 16.7 Å². The van der Waals surface area contributed by atoms with E-state index in [4.69, 9.17) is 16.3 Å². The number of ether oxygens (including phenoxy) is 1. The van der Waals surface area contributed by atoms with E-state index < -0.39 is 5.54 Å². The van der Waals surface area contributed by atoms with Crippen molar-refractivity contribution in [2.24, 2.45) is 0 Å². The van der Waals surface area contributed by atoms with Gasteiger partial charge in [-0.2, -0.15) is 5.26 Å². The van der Waals surface area contributed by atoms with Crippen molar-refractivity contribution in [3.8, 4) is 6.07 Å². The van der Waals surface area contributed by atoms with Crippen molar-refractivity contribution >= 4 is 11.6 Å². The van der Waals surface area contributed by atoms with Crippen LogP contribution < -0.4 is 5.32 Å². The van der Waals surface area contributed by atoms with Crippen LogP contribution in [0.3, 0.4) is 0 Å². The van der Waals surface area contributed by atoms with Gasteiger partial charge in [0, 0.05) is 18.7 Å². The van der Waals surface area contributed by atoms with Gasteiger partial charge >= 0.3 is 0 Å². The molecule has 0 heterocycles. The van der Waals surface area contributed by atoms with Gasteiger partial charge in [0.15, 0.2) is 0 Å². The molecule has 3 nitrogen and oxygen atoms in total. The summed E-state index contributed by atoms with van der Waals surface area (Å²) >= 11 is 5.96. The zero-order valence-electron chi connectivity index (χ0n) is 9.79. The van der Waals surface area contributed by atoms with Crippen LogP contribution in [0.1, 0.15) is 17.5 Å². The van der Waals surface area contributed by atoms with Crippen LogP contribution in [0, 0.1) is 11.3 Å². The summed E-state index contributed by atoms with van der Waals surface area (Å²) in [5.74, 6) is 0. The zero-order valence-corrected chi connectivity index (χ0v) is 10.5. The van der Waals surface area contributed by atoms with E-state index in [2.05, 4.69) is 11.4 Å². The molecule has 0 saturated heterocycles. The van der Waals surface area contributed by atoms with Crippen LogP contribution in [0.15, 0.2) is 18.2 Å². The number of nitrogens with zero attached hydrogens (tertiary/aromatic N) is 1. The van der Waals surface area contributed by atoms with Gasteiger partial charge in [0.25, 0.3) is 0 Å². The SMILES string of the molecule is COCCNC1(C#N)CCc2cc(Cl)ccc21. The van der Waals surface area contributed by atoms with Crippen molar-refractivity contribution < 1.29 is 4.74 Å². The molecule has 90 valence electrons. The first-order valence-corrected chi connectivity index (χ1v) is 6.04. The summed E-state index contributed by atoms with van der Waals surface area (Å²) in [5.41, 5.74) is 1.66. The maximum atomic E-state index is 9.45. The van der Waals surface area contributed by atoms with Crippen molar-refractivity contribution in [2.75, 3.05) is 20.3 Å². The molecule has 1 atom stereocenters. The number of aryl methyl sites for hydroxylation is 1. The molecule has 1 unspecified atom stereocenters. The van der Waals surface area contributed by atoms with E-state index in [9.17, 15) is 5.26 Å². The first-order valence-electron chi connectivity index (χ1n) is 5.66. The zero-order chi connectivity index (χ0) is 12.3. The number of nitrogens with one attached hydrogen (secondary N) is 1. The number of hydrogen-bond donors (Lipinski definition) is 1. The summed E-state index contributed by atoms with van der Waals surface area (Å²) in [6.07, 6.45) is 1.69. The Balaban J connectivity index is 2.25. The molecule has 0 bridgehead atoms. The third-order valence-corrected chi connectivity index (χ3v) is 3.46. The summed E-state index contributed by atoms with van der Waals surface area (Å²) in [5, 5.41) is 13.5. The number of rotatable bonds is 4. The molecule has 0 radical (unpaired) electrons. The lowest BCUT2D eigenvalue weighted by Gasteiger charge is -2.23. The van der Waals surface area contributed by atoms with Gasteiger partial charge in [-0.25, -0.2) is 0 Å². The number of halogens is 1. The Hall–Kier alpha value is -1.08. The molecule has 0 aliphatic heterocycles. The van der Waals surface area contributed by atoms with Gasteiger partial charge in [0.1, 0.15) is 5.54 Å². The number of hydrogen-bond acceptors (Lipinski definition) is 3. The van der Waals surface area contributed by atoms with E-state index in [1.165, 1.54) is 5.56 Å². The van der Waals surface area contributed by atoms with Crippen molar-refractivity contribution in [3.63, 3.8) is 0 Å². The molecule has 1 aliphatic rings. The standard InChI is InChI=1S/C13H15ClN2O/c1-17-7-6-16-13(9-15)5-4-10-8-11(14)2-3-12(10)13/h2-3,8,16H,4-7H2,1H3.